The lowest BCUT2D eigenvalue weighted by atomic mass is 10.1. The zero-order valence-electron chi connectivity index (χ0n) is 11.0. The molecule has 94 valence electrons. The standard InChI is InChI=1S/C16H18N.HI/c1-13-7-8-15(14(2)12-13)9-10-16-6-4-5-11-17(16)3;/h4-12H,1-3H3;1H/q+1;/p-1/b10-9+;. The Morgan fingerprint density at radius 3 is 2.44 bits per heavy atom. The van der Waals surface area contributed by atoms with Crippen LogP contribution >= 0.6 is 0 Å². The molecule has 0 saturated heterocycles. The van der Waals surface area contributed by atoms with Crippen LogP contribution in [0.25, 0.3) is 12.2 Å². The molecule has 0 atom stereocenters. The molecule has 2 aromatic rings. The number of halogens is 1. The summed E-state index contributed by atoms with van der Waals surface area (Å²) < 4.78 is 2.11. The minimum atomic E-state index is 0. The number of aryl methyl sites for hydroxylation is 3. The van der Waals surface area contributed by atoms with Gasteiger partial charge in [-0.25, -0.2) is 4.57 Å². The second-order valence-corrected chi connectivity index (χ2v) is 4.43. The van der Waals surface area contributed by atoms with Crippen molar-refractivity contribution in [2.24, 2.45) is 7.05 Å². The Morgan fingerprint density at radius 1 is 1.00 bits per heavy atom. The summed E-state index contributed by atoms with van der Waals surface area (Å²) >= 11 is 0. The van der Waals surface area contributed by atoms with Crippen LogP contribution in [0.3, 0.4) is 0 Å². The molecular formula is C16H18IN. The predicted molar refractivity (Wildman–Crippen MR) is 72.5 cm³/mol. The van der Waals surface area contributed by atoms with Crippen molar-refractivity contribution >= 4 is 12.2 Å². The molecule has 2 rings (SSSR count). The molecule has 18 heavy (non-hydrogen) atoms. The number of benzene rings is 1. The number of nitrogens with zero attached hydrogens (tertiary/aromatic N) is 1. The lowest BCUT2D eigenvalue weighted by molar-refractivity contribution is -0.673. The molecule has 0 spiro atoms. The van der Waals surface area contributed by atoms with Crippen LogP contribution in [0.2, 0.25) is 0 Å². The highest BCUT2D eigenvalue weighted by Crippen LogP contribution is 2.13. The average Bonchev–Trinajstić information content (AvgIpc) is 2.30. The van der Waals surface area contributed by atoms with Crippen molar-refractivity contribution in [1.82, 2.24) is 0 Å². The second kappa shape index (κ2) is 6.69. The highest BCUT2D eigenvalue weighted by atomic mass is 127. The molecule has 0 fully saturated rings. The Kier molecular flexibility index (Phi) is 5.54. The average molecular weight is 351 g/mol. The van der Waals surface area contributed by atoms with Gasteiger partial charge < -0.3 is 24.0 Å². The van der Waals surface area contributed by atoms with E-state index in [1.807, 2.05) is 6.07 Å². The lowest BCUT2D eigenvalue weighted by Crippen LogP contribution is -3.00. The summed E-state index contributed by atoms with van der Waals surface area (Å²) in [5.74, 6) is 0. The Balaban J connectivity index is 0.00000162. The van der Waals surface area contributed by atoms with Crippen molar-refractivity contribution in [2.75, 3.05) is 0 Å². The molecule has 1 nitrogen and oxygen atoms in total. The topological polar surface area (TPSA) is 3.88 Å². The fraction of sp³-hybridized carbons (Fsp3) is 0.188. The van der Waals surface area contributed by atoms with Crippen LogP contribution in [0.5, 0.6) is 0 Å². The summed E-state index contributed by atoms with van der Waals surface area (Å²) in [5, 5.41) is 0. The number of pyridine rings is 1. The zero-order valence-corrected chi connectivity index (χ0v) is 13.2. The fourth-order valence-electron chi connectivity index (χ4n) is 1.90. The monoisotopic (exact) mass is 351 g/mol. The Hall–Kier alpha value is -1.16. The van der Waals surface area contributed by atoms with Gasteiger partial charge in [-0.2, -0.15) is 0 Å². The minimum Gasteiger partial charge on any atom is -1.00 e. The zero-order chi connectivity index (χ0) is 12.3. The van der Waals surface area contributed by atoms with E-state index in [2.05, 4.69) is 74.1 Å². The maximum absolute atomic E-state index is 2.21. The first kappa shape index (κ1) is 14.9. The summed E-state index contributed by atoms with van der Waals surface area (Å²) in [6.45, 7) is 4.27. The van der Waals surface area contributed by atoms with Crippen molar-refractivity contribution in [1.29, 1.82) is 0 Å². The van der Waals surface area contributed by atoms with E-state index >= 15 is 0 Å². The third-order valence-corrected chi connectivity index (χ3v) is 2.95. The van der Waals surface area contributed by atoms with E-state index in [1.54, 1.807) is 0 Å². The van der Waals surface area contributed by atoms with Crippen LogP contribution in [0.1, 0.15) is 22.4 Å². The van der Waals surface area contributed by atoms with Crippen LogP contribution in [-0.2, 0) is 7.05 Å². The lowest BCUT2D eigenvalue weighted by Gasteiger charge is -2.01. The molecule has 1 heterocycles. The second-order valence-electron chi connectivity index (χ2n) is 4.43. The Bertz CT molecular complexity index is 559. The number of aromatic nitrogens is 1. The molecule has 0 unspecified atom stereocenters. The Morgan fingerprint density at radius 2 is 1.78 bits per heavy atom. The quantitative estimate of drug-likeness (QED) is 0.542. The van der Waals surface area contributed by atoms with Gasteiger partial charge in [0.15, 0.2) is 6.20 Å². The third kappa shape index (κ3) is 3.67. The van der Waals surface area contributed by atoms with Crippen LogP contribution in [0, 0.1) is 13.8 Å². The molecule has 1 aromatic carbocycles. The molecular weight excluding hydrogens is 333 g/mol. The van der Waals surface area contributed by atoms with Crippen molar-refractivity contribution in [2.45, 2.75) is 13.8 Å². The van der Waals surface area contributed by atoms with E-state index < -0.39 is 0 Å². The summed E-state index contributed by atoms with van der Waals surface area (Å²) in [7, 11) is 2.06. The van der Waals surface area contributed by atoms with Crippen molar-refractivity contribution in [3.05, 3.63) is 65.0 Å². The number of hydrogen-bond acceptors (Lipinski definition) is 0. The SMILES string of the molecule is Cc1ccc(/C=C/c2cccc[n+]2C)c(C)c1.[I-]. The van der Waals surface area contributed by atoms with Gasteiger partial charge in [-0.05, 0) is 37.1 Å². The van der Waals surface area contributed by atoms with Crippen LogP contribution < -0.4 is 28.5 Å². The first-order valence-corrected chi connectivity index (χ1v) is 5.87. The smallest absolute Gasteiger partial charge is 0.204 e. The van der Waals surface area contributed by atoms with Gasteiger partial charge in [-0.3, -0.25) is 0 Å². The molecule has 2 heteroatoms. The maximum atomic E-state index is 2.21. The normalized spacial score (nSPS) is 10.4. The molecule has 0 aliphatic heterocycles. The van der Waals surface area contributed by atoms with Gasteiger partial charge in [0.05, 0.1) is 0 Å². The fourth-order valence-corrected chi connectivity index (χ4v) is 1.90. The Labute approximate surface area is 126 Å². The summed E-state index contributed by atoms with van der Waals surface area (Å²) in [4.78, 5) is 0. The largest absolute Gasteiger partial charge is 1.00 e. The van der Waals surface area contributed by atoms with E-state index in [9.17, 15) is 0 Å². The van der Waals surface area contributed by atoms with E-state index in [0.717, 1.165) is 0 Å². The van der Waals surface area contributed by atoms with Crippen LogP contribution in [-0.4, -0.2) is 0 Å². The van der Waals surface area contributed by atoms with Gasteiger partial charge in [0.2, 0.25) is 5.69 Å². The molecule has 0 N–H and O–H groups in total. The molecule has 0 amide bonds. The highest BCUT2D eigenvalue weighted by Gasteiger charge is 2.00. The van der Waals surface area contributed by atoms with E-state index in [1.165, 1.54) is 22.4 Å². The van der Waals surface area contributed by atoms with Gasteiger partial charge >= 0.3 is 0 Å². The molecule has 0 bridgehead atoms. The summed E-state index contributed by atoms with van der Waals surface area (Å²) in [6, 6.07) is 12.7. The number of rotatable bonds is 2. The first-order valence-electron chi connectivity index (χ1n) is 5.87. The summed E-state index contributed by atoms with van der Waals surface area (Å²) in [5.41, 5.74) is 5.11. The van der Waals surface area contributed by atoms with Crippen molar-refractivity contribution < 1.29 is 28.5 Å². The molecule has 0 radical (unpaired) electrons. The highest BCUT2D eigenvalue weighted by molar-refractivity contribution is 5.68. The summed E-state index contributed by atoms with van der Waals surface area (Å²) in [6.07, 6.45) is 6.38. The van der Waals surface area contributed by atoms with E-state index in [-0.39, 0.29) is 24.0 Å². The van der Waals surface area contributed by atoms with E-state index in [0.29, 0.717) is 0 Å². The molecule has 1 aromatic heterocycles. The van der Waals surface area contributed by atoms with Gasteiger partial charge in [-0.1, -0.05) is 23.8 Å². The first-order chi connectivity index (χ1) is 8.16. The van der Waals surface area contributed by atoms with E-state index in [4.69, 9.17) is 0 Å². The molecule has 0 aliphatic rings. The van der Waals surface area contributed by atoms with Gasteiger partial charge in [0.25, 0.3) is 0 Å². The number of hydrogen-bond donors (Lipinski definition) is 0. The van der Waals surface area contributed by atoms with Crippen LogP contribution in [0.15, 0.2) is 42.6 Å². The van der Waals surface area contributed by atoms with Gasteiger partial charge in [0.1, 0.15) is 7.05 Å². The van der Waals surface area contributed by atoms with Gasteiger partial charge in [-0.15, -0.1) is 0 Å². The van der Waals surface area contributed by atoms with Crippen molar-refractivity contribution in [3.63, 3.8) is 0 Å². The molecule has 0 aliphatic carbocycles. The molecule has 0 saturated carbocycles. The maximum Gasteiger partial charge on any atom is 0.204 e. The van der Waals surface area contributed by atoms with Crippen LogP contribution in [0.4, 0.5) is 0 Å². The van der Waals surface area contributed by atoms with Gasteiger partial charge in [0, 0.05) is 18.2 Å². The predicted octanol–water partition coefficient (Wildman–Crippen LogP) is 0.302. The minimum absolute atomic E-state index is 0. The third-order valence-electron chi connectivity index (χ3n) is 2.95. The van der Waals surface area contributed by atoms with Crippen molar-refractivity contribution in [3.8, 4) is 0 Å².